The topological polar surface area (TPSA) is 95.9 Å². The van der Waals surface area contributed by atoms with E-state index in [1.807, 2.05) is 0 Å². The molecule has 2 N–H and O–H groups in total. The molecule has 2 amide bonds. The first-order chi connectivity index (χ1) is 9.61. The third-order valence-corrected chi connectivity index (χ3v) is 4.46. The van der Waals surface area contributed by atoms with Crippen LogP contribution < -0.4 is 5.32 Å². The summed E-state index contributed by atoms with van der Waals surface area (Å²) in [4.78, 5) is 36.3. The average molecular weight is 314 g/mol. The van der Waals surface area contributed by atoms with E-state index in [0.29, 0.717) is 11.3 Å². The number of thioether (sulfide) groups is 1. The first-order valence-corrected chi connectivity index (χ1v) is 7.54. The first-order valence-electron chi connectivity index (χ1n) is 6.49. The minimum Gasteiger partial charge on any atom is -0.477 e. The molecule has 7 nitrogen and oxygen atoms in total. The van der Waals surface area contributed by atoms with Gasteiger partial charge < -0.3 is 15.2 Å². The Morgan fingerprint density at radius 2 is 2.05 bits per heavy atom. The van der Waals surface area contributed by atoms with Crippen molar-refractivity contribution in [3.63, 3.8) is 0 Å². The van der Waals surface area contributed by atoms with Crippen molar-refractivity contribution in [3.05, 3.63) is 11.3 Å². The fraction of sp³-hybridized carbons (Fsp3) is 0.615. The van der Waals surface area contributed by atoms with Crippen molar-refractivity contribution in [1.29, 1.82) is 0 Å². The van der Waals surface area contributed by atoms with E-state index in [-0.39, 0.29) is 11.1 Å². The number of hydrogen-bond donors (Lipinski definition) is 2. The van der Waals surface area contributed by atoms with E-state index < -0.39 is 29.6 Å². The van der Waals surface area contributed by atoms with Crippen LogP contribution in [0.3, 0.4) is 0 Å². The number of ether oxygens (including phenoxy) is 1. The average Bonchev–Trinajstić information content (AvgIpc) is 2.33. The lowest BCUT2D eigenvalue weighted by Crippen LogP contribution is -2.70. The van der Waals surface area contributed by atoms with Crippen LogP contribution in [0, 0.1) is 0 Å². The number of amides is 2. The molecular formula is C13H18N2O5S. The molecule has 0 aromatic heterocycles. The molecule has 21 heavy (non-hydrogen) atoms. The Morgan fingerprint density at radius 1 is 1.43 bits per heavy atom. The van der Waals surface area contributed by atoms with Crippen molar-refractivity contribution in [2.24, 2.45) is 0 Å². The fourth-order valence-electron chi connectivity index (χ4n) is 2.21. The molecular weight excluding hydrogens is 296 g/mol. The van der Waals surface area contributed by atoms with Crippen LogP contribution >= 0.6 is 11.8 Å². The van der Waals surface area contributed by atoms with Crippen LogP contribution in [-0.2, 0) is 14.3 Å². The van der Waals surface area contributed by atoms with E-state index >= 15 is 0 Å². The number of carbonyl (C=O) groups is 3. The molecule has 2 rings (SSSR count). The third-order valence-electron chi connectivity index (χ3n) is 3.03. The van der Waals surface area contributed by atoms with E-state index in [4.69, 9.17) is 4.74 Å². The maximum Gasteiger partial charge on any atom is 0.408 e. The molecule has 0 radical (unpaired) electrons. The number of hydrogen-bond acceptors (Lipinski definition) is 5. The second-order valence-electron chi connectivity index (χ2n) is 5.97. The van der Waals surface area contributed by atoms with Gasteiger partial charge in [-0.05, 0) is 33.3 Å². The monoisotopic (exact) mass is 314 g/mol. The highest BCUT2D eigenvalue weighted by molar-refractivity contribution is 8.00. The lowest BCUT2D eigenvalue weighted by Gasteiger charge is -2.49. The Hall–Kier alpha value is -1.70. The molecule has 0 saturated carbocycles. The van der Waals surface area contributed by atoms with Crippen LogP contribution in [0.1, 0.15) is 27.7 Å². The number of carboxylic acids is 1. The van der Waals surface area contributed by atoms with Gasteiger partial charge in [0.15, 0.2) is 0 Å². The van der Waals surface area contributed by atoms with Gasteiger partial charge in [0, 0.05) is 5.75 Å². The Labute approximate surface area is 126 Å². The molecule has 0 unspecified atom stereocenters. The van der Waals surface area contributed by atoms with Gasteiger partial charge >= 0.3 is 12.1 Å². The number of carboxylic acid groups (broad SMARTS) is 1. The third kappa shape index (κ3) is 2.99. The Balaban J connectivity index is 2.07. The van der Waals surface area contributed by atoms with Gasteiger partial charge in [-0.3, -0.25) is 9.69 Å². The Morgan fingerprint density at radius 3 is 2.57 bits per heavy atom. The van der Waals surface area contributed by atoms with E-state index in [2.05, 4.69) is 5.32 Å². The molecule has 2 heterocycles. The summed E-state index contributed by atoms with van der Waals surface area (Å²) in [6.07, 6.45) is -0.677. The zero-order chi connectivity index (χ0) is 15.9. The summed E-state index contributed by atoms with van der Waals surface area (Å²) in [6, 6.07) is -0.743. The smallest absolute Gasteiger partial charge is 0.408 e. The minimum absolute atomic E-state index is 0.0194. The summed E-state index contributed by atoms with van der Waals surface area (Å²) in [5.74, 6) is -1.03. The van der Waals surface area contributed by atoms with Crippen LogP contribution in [-0.4, -0.2) is 50.7 Å². The highest BCUT2D eigenvalue weighted by atomic mass is 32.2. The quantitative estimate of drug-likeness (QED) is 0.742. The van der Waals surface area contributed by atoms with Gasteiger partial charge in [0.1, 0.15) is 22.7 Å². The lowest BCUT2D eigenvalue weighted by molar-refractivity contribution is -0.149. The van der Waals surface area contributed by atoms with E-state index in [1.165, 1.54) is 16.7 Å². The summed E-state index contributed by atoms with van der Waals surface area (Å²) in [7, 11) is 0. The van der Waals surface area contributed by atoms with Gasteiger partial charge in [0.2, 0.25) is 0 Å². The van der Waals surface area contributed by atoms with Crippen molar-refractivity contribution in [2.75, 3.05) is 5.75 Å². The largest absolute Gasteiger partial charge is 0.477 e. The summed E-state index contributed by atoms with van der Waals surface area (Å²) >= 11 is 1.43. The van der Waals surface area contributed by atoms with Crippen molar-refractivity contribution in [3.8, 4) is 0 Å². The maximum absolute atomic E-state index is 12.1. The molecule has 8 heteroatoms. The second-order valence-corrected chi connectivity index (χ2v) is 7.07. The lowest BCUT2D eigenvalue weighted by atomic mass is 10.0. The molecule has 2 atom stereocenters. The molecule has 0 aromatic carbocycles. The van der Waals surface area contributed by atoms with E-state index in [9.17, 15) is 19.5 Å². The minimum atomic E-state index is -1.12. The van der Waals surface area contributed by atoms with Crippen molar-refractivity contribution < 1.29 is 24.2 Å². The molecule has 0 bridgehead atoms. The molecule has 1 saturated heterocycles. The summed E-state index contributed by atoms with van der Waals surface area (Å²) in [6.45, 7) is 6.87. The number of aliphatic carboxylic acids is 1. The SMILES string of the molecule is CC1=C(C(=O)O)N2C(=O)[C@@H](NC(=O)OC(C)(C)C)[C@@H]2SC1. The van der Waals surface area contributed by atoms with Crippen LogP contribution in [0.5, 0.6) is 0 Å². The normalized spacial score (nSPS) is 25.1. The predicted octanol–water partition coefficient (Wildman–Crippen LogP) is 1.15. The molecule has 0 spiro atoms. The highest BCUT2D eigenvalue weighted by Gasteiger charge is 2.54. The Kier molecular flexibility index (Phi) is 3.92. The van der Waals surface area contributed by atoms with Crippen molar-refractivity contribution in [2.45, 2.75) is 44.7 Å². The number of rotatable bonds is 2. The number of nitrogens with zero attached hydrogens (tertiary/aromatic N) is 1. The van der Waals surface area contributed by atoms with Gasteiger partial charge in [0.25, 0.3) is 5.91 Å². The van der Waals surface area contributed by atoms with Crippen molar-refractivity contribution in [1.82, 2.24) is 10.2 Å². The Bertz CT molecular complexity index is 537. The van der Waals surface area contributed by atoms with Crippen LogP contribution in [0.25, 0.3) is 0 Å². The van der Waals surface area contributed by atoms with Gasteiger partial charge in [0.05, 0.1) is 0 Å². The van der Waals surface area contributed by atoms with Gasteiger partial charge in [-0.2, -0.15) is 0 Å². The van der Waals surface area contributed by atoms with Crippen LogP contribution in [0.15, 0.2) is 11.3 Å². The number of β-lactam (4-membered cyclic amide) rings is 1. The highest BCUT2D eigenvalue weighted by Crippen LogP contribution is 2.40. The maximum atomic E-state index is 12.1. The summed E-state index contributed by atoms with van der Waals surface area (Å²) in [5, 5.41) is 11.3. The molecule has 2 aliphatic rings. The number of nitrogens with one attached hydrogen (secondary N) is 1. The van der Waals surface area contributed by atoms with Gasteiger partial charge in [-0.15, -0.1) is 11.8 Å². The van der Waals surface area contributed by atoms with Crippen molar-refractivity contribution >= 4 is 29.7 Å². The fourth-order valence-corrected chi connectivity index (χ4v) is 3.50. The second kappa shape index (κ2) is 5.25. The van der Waals surface area contributed by atoms with Gasteiger partial charge in [-0.25, -0.2) is 9.59 Å². The van der Waals surface area contributed by atoms with E-state index in [1.54, 1.807) is 27.7 Å². The molecule has 0 aliphatic carbocycles. The molecule has 2 aliphatic heterocycles. The summed E-state index contributed by atoms with van der Waals surface area (Å²) in [5.41, 5.74) is 0.0118. The number of carbonyl (C=O) groups excluding carboxylic acids is 2. The zero-order valence-electron chi connectivity index (χ0n) is 12.3. The predicted molar refractivity (Wildman–Crippen MR) is 76.6 cm³/mol. The number of fused-ring (bicyclic) bond motifs is 1. The van der Waals surface area contributed by atoms with Gasteiger partial charge in [-0.1, -0.05) is 0 Å². The standard InChI is InChI=1S/C13H18N2O5S/c1-6-5-21-10-7(14-12(19)20-13(2,3)4)9(16)15(10)8(6)11(17)18/h7,10H,5H2,1-4H3,(H,14,19)(H,17,18)/t7-,10+/m1/s1. The van der Waals surface area contributed by atoms with Crippen LogP contribution in [0.2, 0.25) is 0 Å². The zero-order valence-corrected chi connectivity index (χ0v) is 13.1. The first kappa shape index (κ1) is 15.7. The summed E-state index contributed by atoms with van der Waals surface area (Å²) < 4.78 is 5.11. The van der Waals surface area contributed by atoms with E-state index in [0.717, 1.165) is 0 Å². The molecule has 0 aromatic rings. The van der Waals surface area contributed by atoms with Crippen LogP contribution in [0.4, 0.5) is 4.79 Å². The number of alkyl carbamates (subject to hydrolysis) is 1. The molecule has 116 valence electrons. The molecule has 1 fully saturated rings.